The van der Waals surface area contributed by atoms with Crippen LogP contribution in [-0.4, -0.2) is 20.1 Å². The fraction of sp³-hybridized carbons (Fsp3) is 0.471. The summed E-state index contributed by atoms with van der Waals surface area (Å²) in [4.78, 5) is 12.1. The van der Waals surface area contributed by atoms with Crippen LogP contribution in [0.25, 0.3) is 0 Å². The lowest BCUT2D eigenvalue weighted by molar-refractivity contribution is -0.122. The van der Waals surface area contributed by atoms with Gasteiger partial charge in [0.1, 0.15) is 11.5 Å². The van der Waals surface area contributed by atoms with Crippen LogP contribution in [0.2, 0.25) is 0 Å². The van der Waals surface area contributed by atoms with Crippen molar-refractivity contribution in [2.24, 2.45) is 5.92 Å². The SMILES string of the molecule is COc1ccc(OC)c([C@@H](C)NC(=O)C[C@@H]2C=CCC2)c1. The second kappa shape index (κ2) is 7.16. The zero-order valence-electron chi connectivity index (χ0n) is 12.9. The van der Waals surface area contributed by atoms with Crippen LogP contribution < -0.4 is 14.8 Å². The zero-order chi connectivity index (χ0) is 15.2. The van der Waals surface area contributed by atoms with E-state index in [1.807, 2.05) is 25.1 Å². The van der Waals surface area contributed by atoms with Gasteiger partial charge < -0.3 is 14.8 Å². The van der Waals surface area contributed by atoms with Gasteiger partial charge in [0, 0.05) is 12.0 Å². The van der Waals surface area contributed by atoms with Crippen LogP contribution in [0.3, 0.4) is 0 Å². The van der Waals surface area contributed by atoms with Crippen molar-refractivity contribution >= 4 is 5.91 Å². The highest BCUT2D eigenvalue weighted by Crippen LogP contribution is 2.29. The van der Waals surface area contributed by atoms with Crippen LogP contribution in [0.5, 0.6) is 11.5 Å². The summed E-state index contributed by atoms with van der Waals surface area (Å²) < 4.78 is 10.6. The van der Waals surface area contributed by atoms with E-state index in [1.165, 1.54) is 0 Å². The molecule has 1 aromatic rings. The van der Waals surface area contributed by atoms with Gasteiger partial charge >= 0.3 is 0 Å². The number of carbonyl (C=O) groups excluding carboxylic acids is 1. The molecular formula is C17H23NO3. The Bertz CT molecular complexity index is 525. The van der Waals surface area contributed by atoms with Crippen molar-refractivity contribution in [1.82, 2.24) is 5.32 Å². The highest BCUT2D eigenvalue weighted by atomic mass is 16.5. The lowest BCUT2D eigenvalue weighted by Gasteiger charge is -2.19. The van der Waals surface area contributed by atoms with E-state index in [1.54, 1.807) is 14.2 Å². The first kappa shape index (κ1) is 15.4. The number of rotatable bonds is 6. The highest BCUT2D eigenvalue weighted by Gasteiger charge is 2.18. The molecule has 0 unspecified atom stereocenters. The molecule has 2 atom stereocenters. The number of methoxy groups -OCH3 is 2. The molecule has 1 aliphatic rings. The first-order valence-electron chi connectivity index (χ1n) is 7.32. The number of nitrogens with one attached hydrogen (secondary N) is 1. The minimum atomic E-state index is -0.118. The van der Waals surface area contributed by atoms with Gasteiger partial charge in [0.15, 0.2) is 0 Å². The van der Waals surface area contributed by atoms with E-state index in [2.05, 4.69) is 17.5 Å². The van der Waals surface area contributed by atoms with Crippen molar-refractivity contribution in [3.63, 3.8) is 0 Å². The fourth-order valence-electron chi connectivity index (χ4n) is 2.66. The molecule has 2 rings (SSSR count). The van der Waals surface area contributed by atoms with E-state index in [0.29, 0.717) is 12.3 Å². The van der Waals surface area contributed by atoms with Gasteiger partial charge in [-0.3, -0.25) is 4.79 Å². The topological polar surface area (TPSA) is 47.6 Å². The normalized spacial score (nSPS) is 18.3. The van der Waals surface area contributed by atoms with Gasteiger partial charge in [-0.2, -0.15) is 0 Å². The minimum Gasteiger partial charge on any atom is -0.497 e. The quantitative estimate of drug-likeness (QED) is 0.818. The Morgan fingerprint density at radius 1 is 1.38 bits per heavy atom. The third kappa shape index (κ3) is 4.00. The number of ether oxygens (including phenoxy) is 2. The minimum absolute atomic E-state index is 0.0731. The van der Waals surface area contributed by atoms with Crippen LogP contribution in [-0.2, 0) is 4.79 Å². The molecule has 0 fully saturated rings. The van der Waals surface area contributed by atoms with Gasteiger partial charge in [-0.1, -0.05) is 12.2 Å². The summed E-state index contributed by atoms with van der Waals surface area (Å²) in [5.74, 6) is 1.96. The predicted molar refractivity (Wildman–Crippen MR) is 82.6 cm³/mol. The molecule has 0 radical (unpaired) electrons. The van der Waals surface area contributed by atoms with Gasteiger partial charge in [-0.25, -0.2) is 0 Å². The number of allylic oxidation sites excluding steroid dienone is 2. The predicted octanol–water partition coefficient (Wildman–Crippen LogP) is 3.24. The molecule has 0 spiro atoms. The summed E-state index contributed by atoms with van der Waals surface area (Å²) in [7, 11) is 3.25. The Labute approximate surface area is 126 Å². The number of carbonyl (C=O) groups is 1. The average Bonchev–Trinajstić information content (AvgIpc) is 2.99. The second-order valence-corrected chi connectivity index (χ2v) is 5.37. The summed E-state index contributed by atoms with van der Waals surface area (Å²) in [5, 5.41) is 3.04. The maximum absolute atomic E-state index is 12.1. The lowest BCUT2D eigenvalue weighted by atomic mass is 10.0. The molecule has 4 nitrogen and oxygen atoms in total. The van der Waals surface area contributed by atoms with E-state index in [-0.39, 0.29) is 11.9 Å². The molecule has 1 aliphatic carbocycles. The van der Waals surface area contributed by atoms with Crippen LogP contribution in [0.1, 0.15) is 37.8 Å². The molecule has 1 N–H and O–H groups in total. The second-order valence-electron chi connectivity index (χ2n) is 5.37. The van der Waals surface area contributed by atoms with Gasteiger partial charge in [-0.15, -0.1) is 0 Å². The Kier molecular flexibility index (Phi) is 5.26. The first-order valence-corrected chi connectivity index (χ1v) is 7.32. The molecule has 0 saturated carbocycles. The van der Waals surface area contributed by atoms with Crippen LogP contribution in [0, 0.1) is 5.92 Å². The molecule has 0 aromatic heterocycles. The summed E-state index contributed by atoms with van der Waals surface area (Å²) >= 11 is 0. The van der Waals surface area contributed by atoms with Crippen molar-refractivity contribution < 1.29 is 14.3 Å². The maximum Gasteiger partial charge on any atom is 0.221 e. The van der Waals surface area contributed by atoms with E-state index in [9.17, 15) is 4.79 Å². The molecule has 0 heterocycles. The Hall–Kier alpha value is -1.97. The van der Waals surface area contributed by atoms with E-state index >= 15 is 0 Å². The third-order valence-corrected chi connectivity index (χ3v) is 3.84. The van der Waals surface area contributed by atoms with Crippen molar-refractivity contribution in [2.75, 3.05) is 14.2 Å². The van der Waals surface area contributed by atoms with Crippen molar-refractivity contribution in [3.8, 4) is 11.5 Å². The summed E-state index contributed by atoms with van der Waals surface area (Å²) in [6.45, 7) is 1.96. The highest BCUT2D eigenvalue weighted by molar-refractivity contribution is 5.77. The zero-order valence-corrected chi connectivity index (χ0v) is 12.9. The van der Waals surface area contributed by atoms with Crippen LogP contribution in [0.15, 0.2) is 30.4 Å². The standard InChI is InChI=1S/C17H23NO3/c1-12(18-17(19)10-13-6-4-5-7-13)15-11-14(20-2)8-9-16(15)21-3/h4,6,8-9,11-13H,5,7,10H2,1-3H3,(H,18,19)/t12-,13-/m1/s1. The first-order chi connectivity index (χ1) is 10.1. The molecule has 4 heteroatoms. The molecule has 1 amide bonds. The molecule has 21 heavy (non-hydrogen) atoms. The molecule has 0 bridgehead atoms. The smallest absolute Gasteiger partial charge is 0.221 e. The van der Waals surface area contributed by atoms with Crippen molar-refractivity contribution in [2.45, 2.75) is 32.2 Å². The van der Waals surface area contributed by atoms with Gasteiger partial charge in [-0.05, 0) is 43.9 Å². The van der Waals surface area contributed by atoms with Crippen LogP contribution in [0.4, 0.5) is 0 Å². The number of hydrogen-bond acceptors (Lipinski definition) is 3. The van der Waals surface area contributed by atoms with Gasteiger partial charge in [0.25, 0.3) is 0 Å². The van der Waals surface area contributed by atoms with E-state index in [0.717, 1.165) is 29.9 Å². The van der Waals surface area contributed by atoms with E-state index in [4.69, 9.17) is 9.47 Å². The Morgan fingerprint density at radius 3 is 2.81 bits per heavy atom. The summed E-state index contributed by atoms with van der Waals surface area (Å²) in [6.07, 6.45) is 6.98. The fourth-order valence-corrected chi connectivity index (χ4v) is 2.66. The molecule has 0 saturated heterocycles. The number of benzene rings is 1. The largest absolute Gasteiger partial charge is 0.497 e. The summed E-state index contributed by atoms with van der Waals surface area (Å²) in [5.41, 5.74) is 0.923. The van der Waals surface area contributed by atoms with Crippen molar-refractivity contribution in [3.05, 3.63) is 35.9 Å². The third-order valence-electron chi connectivity index (χ3n) is 3.84. The summed E-state index contributed by atoms with van der Waals surface area (Å²) in [6, 6.07) is 5.49. The van der Waals surface area contributed by atoms with Crippen LogP contribution >= 0.6 is 0 Å². The molecule has 1 aromatic carbocycles. The lowest BCUT2D eigenvalue weighted by Crippen LogP contribution is -2.28. The Morgan fingerprint density at radius 2 is 2.19 bits per heavy atom. The molecular weight excluding hydrogens is 266 g/mol. The van der Waals surface area contributed by atoms with E-state index < -0.39 is 0 Å². The number of hydrogen-bond donors (Lipinski definition) is 1. The van der Waals surface area contributed by atoms with Gasteiger partial charge in [0.05, 0.1) is 20.3 Å². The number of amides is 1. The maximum atomic E-state index is 12.1. The monoisotopic (exact) mass is 289 g/mol. The van der Waals surface area contributed by atoms with Gasteiger partial charge in [0.2, 0.25) is 5.91 Å². The molecule has 114 valence electrons. The van der Waals surface area contributed by atoms with Crippen molar-refractivity contribution in [1.29, 1.82) is 0 Å². The molecule has 0 aliphatic heterocycles. The Balaban J connectivity index is 2.02. The average molecular weight is 289 g/mol.